The van der Waals surface area contributed by atoms with Crippen LogP contribution >= 0.6 is 11.6 Å². The standard InChI is InChI=1S/C19H14ClN5O/c20-15-3-1-2-4-16(15)25-18(13-7-8-13)23-17(24-25)19(26)22-14-9-5-12(11-21)6-10-14/h1-6,9-10,13H,7-8H2,(H,22,26). The van der Waals surface area contributed by atoms with Crippen LogP contribution in [0.25, 0.3) is 5.69 Å². The summed E-state index contributed by atoms with van der Waals surface area (Å²) in [6.45, 7) is 0. The van der Waals surface area contributed by atoms with E-state index in [1.807, 2.05) is 24.3 Å². The zero-order chi connectivity index (χ0) is 18.1. The molecule has 4 rings (SSSR count). The Morgan fingerprint density at radius 2 is 1.92 bits per heavy atom. The summed E-state index contributed by atoms with van der Waals surface area (Å²) in [7, 11) is 0. The van der Waals surface area contributed by atoms with Gasteiger partial charge in [0.2, 0.25) is 5.82 Å². The molecule has 3 aromatic rings. The van der Waals surface area contributed by atoms with Crippen LogP contribution in [0.3, 0.4) is 0 Å². The summed E-state index contributed by atoms with van der Waals surface area (Å²) in [6.07, 6.45) is 2.06. The molecule has 128 valence electrons. The van der Waals surface area contributed by atoms with E-state index in [4.69, 9.17) is 16.9 Å². The average molecular weight is 364 g/mol. The fourth-order valence-corrected chi connectivity index (χ4v) is 2.86. The van der Waals surface area contributed by atoms with Crippen LogP contribution in [0.15, 0.2) is 48.5 Å². The Labute approximate surface area is 155 Å². The Bertz CT molecular complexity index is 1020. The predicted octanol–water partition coefficient (Wildman–Crippen LogP) is 3.92. The number of carbonyl (C=O) groups excluding carboxylic acids is 1. The molecule has 1 heterocycles. The van der Waals surface area contributed by atoms with Gasteiger partial charge < -0.3 is 5.32 Å². The van der Waals surface area contributed by atoms with Gasteiger partial charge in [0, 0.05) is 11.6 Å². The van der Waals surface area contributed by atoms with Crippen LogP contribution in [0.4, 0.5) is 5.69 Å². The highest BCUT2D eigenvalue weighted by Crippen LogP contribution is 2.40. The van der Waals surface area contributed by atoms with Crippen LogP contribution in [0.2, 0.25) is 5.02 Å². The summed E-state index contributed by atoms with van der Waals surface area (Å²) in [5, 5.41) is 16.5. The number of aromatic nitrogens is 3. The number of amides is 1. The molecular formula is C19H14ClN5O. The van der Waals surface area contributed by atoms with Gasteiger partial charge in [0.05, 0.1) is 22.3 Å². The molecule has 7 heteroatoms. The van der Waals surface area contributed by atoms with Gasteiger partial charge in [-0.3, -0.25) is 4.79 Å². The summed E-state index contributed by atoms with van der Waals surface area (Å²) in [6, 6.07) is 16.0. The van der Waals surface area contributed by atoms with Gasteiger partial charge in [-0.15, -0.1) is 5.10 Å². The van der Waals surface area contributed by atoms with E-state index in [1.54, 1.807) is 35.0 Å². The lowest BCUT2D eigenvalue weighted by Crippen LogP contribution is -2.14. The number of carbonyl (C=O) groups is 1. The van der Waals surface area contributed by atoms with Crippen molar-refractivity contribution in [3.05, 3.63) is 70.8 Å². The van der Waals surface area contributed by atoms with E-state index in [9.17, 15) is 4.79 Å². The smallest absolute Gasteiger partial charge is 0.295 e. The second-order valence-corrected chi connectivity index (χ2v) is 6.48. The molecule has 0 aliphatic heterocycles. The summed E-state index contributed by atoms with van der Waals surface area (Å²) >= 11 is 6.29. The molecule has 0 saturated heterocycles. The van der Waals surface area contributed by atoms with Crippen LogP contribution in [-0.4, -0.2) is 20.7 Å². The Hall–Kier alpha value is -3.17. The van der Waals surface area contributed by atoms with Gasteiger partial charge in [-0.2, -0.15) is 5.26 Å². The molecule has 0 unspecified atom stereocenters. The molecule has 1 N–H and O–H groups in total. The highest BCUT2D eigenvalue weighted by Gasteiger charge is 2.32. The van der Waals surface area contributed by atoms with Crippen molar-refractivity contribution in [1.82, 2.24) is 14.8 Å². The molecule has 1 aromatic heterocycles. The molecular weight excluding hydrogens is 350 g/mol. The predicted molar refractivity (Wildman–Crippen MR) is 97.5 cm³/mol. The molecule has 26 heavy (non-hydrogen) atoms. The molecule has 0 bridgehead atoms. The Morgan fingerprint density at radius 1 is 1.19 bits per heavy atom. The third kappa shape index (κ3) is 3.17. The largest absolute Gasteiger partial charge is 0.319 e. The number of hydrogen-bond donors (Lipinski definition) is 1. The second-order valence-electron chi connectivity index (χ2n) is 6.07. The Kier molecular flexibility index (Phi) is 4.15. The lowest BCUT2D eigenvalue weighted by atomic mass is 10.2. The fraction of sp³-hybridized carbons (Fsp3) is 0.158. The first-order chi connectivity index (χ1) is 12.7. The second kappa shape index (κ2) is 6.62. The van der Waals surface area contributed by atoms with E-state index in [0.717, 1.165) is 18.7 Å². The molecule has 1 saturated carbocycles. The van der Waals surface area contributed by atoms with E-state index >= 15 is 0 Å². The van der Waals surface area contributed by atoms with Crippen LogP contribution < -0.4 is 5.32 Å². The maximum absolute atomic E-state index is 12.5. The Morgan fingerprint density at radius 3 is 2.58 bits per heavy atom. The average Bonchev–Trinajstić information content (AvgIpc) is 3.41. The lowest BCUT2D eigenvalue weighted by molar-refractivity contribution is 0.101. The maximum atomic E-state index is 12.5. The number of hydrogen-bond acceptors (Lipinski definition) is 4. The van der Waals surface area contributed by atoms with Gasteiger partial charge in [-0.05, 0) is 49.2 Å². The van der Waals surface area contributed by atoms with Crippen molar-refractivity contribution < 1.29 is 4.79 Å². The fourth-order valence-electron chi connectivity index (χ4n) is 2.64. The normalized spacial score (nSPS) is 13.2. The first kappa shape index (κ1) is 16.3. The molecule has 0 atom stereocenters. The van der Waals surface area contributed by atoms with E-state index in [-0.39, 0.29) is 5.82 Å². The molecule has 0 spiro atoms. The number of benzene rings is 2. The molecule has 1 fully saturated rings. The monoisotopic (exact) mass is 363 g/mol. The zero-order valence-electron chi connectivity index (χ0n) is 13.7. The molecule has 1 amide bonds. The molecule has 2 aromatic carbocycles. The topological polar surface area (TPSA) is 83.6 Å². The van der Waals surface area contributed by atoms with Crippen LogP contribution in [-0.2, 0) is 0 Å². The van der Waals surface area contributed by atoms with Crippen molar-refractivity contribution in [3.63, 3.8) is 0 Å². The number of nitriles is 1. The summed E-state index contributed by atoms with van der Waals surface area (Å²) in [5.74, 6) is 0.747. The van der Waals surface area contributed by atoms with Crippen LogP contribution in [0.1, 0.15) is 40.8 Å². The van der Waals surface area contributed by atoms with E-state index in [0.29, 0.717) is 27.9 Å². The number of para-hydroxylation sites is 1. The van der Waals surface area contributed by atoms with Crippen LogP contribution in [0.5, 0.6) is 0 Å². The van der Waals surface area contributed by atoms with E-state index in [2.05, 4.69) is 15.4 Å². The molecule has 0 radical (unpaired) electrons. The summed E-state index contributed by atoms with van der Waals surface area (Å²) < 4.78 is 1.66. The van der Waals surface area contributed by atoms with Gasteiger partial charge in [-0.1, -0.05) is 23.7 Å². The van der Waals surface area contributed by atoms with Crippen LogP contribution in [0, 0.1) is 11.3 Å². The number of rotatable bonds is 4. The highest BCUT2D eigenvalue weighted by atomic mass is 35.5. The molecule has 1 aliphatic rings. The van der Waals surface area contributed by atoms with Crippen molar-refractivity contribution in [2.45, 2.75) is 18.8 Å². The van der Waals surface area contributed by atoms with Gasteiger partial charge >= 0.3 is 0 Å². The first-order valence-corrected chi connectivity index (χ1v) is 8.57. The van der Waals surface area contributed by atoms with Crippen molar-refractivity contribution in [2.75, 3.05) is 5.32 Å². The lowest BCUT2D eigenvalue weighted by Gasteiger charge is -2.06. The van der Waals surface area contributed by atoms with Gasteiger partial charge in [0.1, 0.15) is 5.82 Å². The minimum atomic E-state index is -0.401. The van der Waals surface area contributed by atoms with E-state index < -0.39 is 5.91 Å². The molecule has 1 aliphatic carbocycles. The minimum Gasteiger partial charge on any atom is -0.319 e. The van der Waals surface area contributed by atoms with Crippen molar-refractivity contribution in [3.8, 4) is 11.8 Å². The summed E-state index contributed by atoms with van der Waals surface area (Å²) in [5.41, 5.74) is 1.82. The maximum Gasteiger partial charge on any atom is 0.295 e. The highest BCUT2D eigenvalue weighted by molar-refractivity contribution is 6.32. The van der Waals surface area contributed by atoms with Crippen molar-refractivity contribution in [1.29, 1.82) is 5.26 Å². The van der Waals surface area contributed by atoms with E-state index in [1.165, 1.54) is 0 Å². The van der Waals surface area contributed by atoms with Gasteiger partial charge in [0.15, 0.2) is 0 Å². The van der Waals surface area contributed by atoms with Gasteiger partial charge in [-0.25, -0.2) is 9.67 Å². The number of anilines is 1. The third-order valence-electron chi connectivity index (χ3n) is 4.13. The first-order valence-electron chi connectivity index (χ1n) is 8.19. The van der Waals surface area contributed by atoms with Crippen molar-refractivity contribution >= 4 is 23.2 Å². The Balaban J connectivity index is 1.64. The van der Waals surface area contributed by atoms with Crippen molar-refractivity contribution in [2.24, 2.45) is 0 Å². The molecule has 6 nitrogen and oxygen atoms in total. The summed E-state index contributed by atoms with van der Waals surface area (Å²) in [4.78, 5) is 17.0. The number of halogens is 1. The van der Waals surface area contributed by atoms with Gasteiger partial charge in [0.25, 0.3) is 5.91 Å². The minimum absolute atomic E-state index is 0.0937. The quantitative estimate of drug-likeness (QED) is 0.761. The zero-order valence-corrected chi connectivity index (χ0v) is 14.4. The SMILES string of the molecule is N#Cc1ccc(NC(=O)c2nc(C3CC3)n(-c3ccccc3Cl)n2)cc1. The third-order valence-corrected chi connectivity index (χ3v) is 4.45. The number of nitrogens with zero attached hydrogens (tertiary/aromatic N) is 4. The number of nitrogens with one attached hydrogen (secondary N) is 1.